The maximum absolute atomic E-state index is 3.54. The molecule has 17 heavy (non-hydrogen) atoms. The lowest BCUT2D eigenvalue weighted by molar-refractivity contribution is 0.0198. The molecule has 4 rings (SSSR count). The van der Waals surface area contributed by atoms with Crippen molar-refractivity contribution in [1.29, 1.82) is 0 Å². The number of nitrogens with one attached hydrogen (secondary N) is 1. The van der Waals surface area contributed by atoms with Crippen LogP contribution in [0.25, 0.3) is 0 Å². The average Bonchev–Trinajstić information content (AvgIpc) is 2.29. The van der Waals surface area contributed by atoms with E-state index in [-0.39, 0.29) is 0 Å². The molecular weight excluding hydrogens is 206 g/mol. The zero-order chi connectivity index (χ0) is 12.1. The molecule has 0 aromatic rings. The Morgan fingerprint density at radius 3 is 1.24 bits per heavy atom. The molecule has 0 atom stereocenters. The molecule has 4 fully saturated rings. The van der Waals surface area contributed by atoms with Crippen LogP contribution in [0.1, 0.15) is 38.5 Å². The smallest absolute Gasteiger partial charge is 0.0135 e. The molecule has 1 N–H and O–H groups in total. The Morgan fingerprint density at radius 2 is 1.00 bits per heavy atom. The highest BCUT2D eigenvalue weighted by Crippen LogP contribution is 2.53. The van der Waals surface area contributed by atoms with Gasteiger partial charge in [0.15, 0.2) is 0 Å². The summed E-state index contributed by atoms with van der Waals surface area (Å²) in [6.45, 7) is 8.81. The summed E-state index contributed by atoms with van der Waals surface area (Å²) in [6.07, 6.45) is 13.3. The molecule has 1 heteroatoms. The van der Waals surface area contributed by atoms with Gasteiger partial charge in [0.25, 0.3) is 0 Å². The van der Waals surface area contributed by atoms with Crippen molar-refractivity contribution in [2.75, 3.05) is 13.1 Å². The quantitative estimate of drug-likeness (QED) is 0.575. The lowest BCUT2D eigenvalue weighted by atomic mass is 9.56. The topological polar surface area (TPSA) is 12.0 Å². The first kappa shape index (κ1) is 12.9. The second-order valence-electron chi connectivity index (χ2n) is 6.11. The summed E-state index contributed by atoms with van der Waals surface area (Å²) in [5, 5.41) is 3.05. The van der Waals surface area contributed by atoms with Crippen molar-refractivity contribution in [2.24, 2.45) is 23.7 Å². The molecule has 4 bridgehead atoms. The van der Waals surface area contributed by atoms with E-state index in [0.717, 1.165) is 13.1 Å². The highest BCUT2D eigenvalue weighted by atomic mass is 14.8. The van der Waals surface area contributed by atoms with Crippen LogP contribution in [0.4, 0.5) is 0 Å². The van der Waals surface area contributed by atoms with E-state index in [0.29, 0.717) is 0 Å². The fourth-order valence-corrected chi connectivity index (χ4v) is 4.27. The van der Waals surface area contributed by atoms with E-state index >= 15 is 0 Å². The van der Waals surface area contributed by atoms with Crippen molar-refractivity contribution in [3.05, 3.63) is 25.3 Å². The van der Waals surface area contributed by atoms with Crippen LogP contribution in [0, 0.1) is 23.7 Å². The number of hydrogen-bond acceptors (Lipinski definition) is 1. The van der Waals surface area contributed by atoms with Gasteiger partial charge in [-0.1, -0.05) is 12.2 Å². The fourth-order valence-electron chi connectivity index (χ4n) is 4.27. The molecule has 0 radical (unpaired) electrons. The predicted molar refractivity (Wildman–Crippen MR) is 74.9 cm³/mol. The Bertz CT molecular complexity index is 192. The van der Waals surface area contributed by atoms with Crippen molar-refractivity contribution >= 4 is 0 Å². The van der Waals surface area contributed by atoms with Gasteiger partial charge in [-0.15, -0.1) is 13.2 Å². The second-order valence-corrected chi connectivity index (χ2v) is 6.11. The molecule has 0 aromatic carbocycles. The van der Waals surface area contributed by atoms with Gasteiger partial charge in [-0.2, -0.15) is 0 Å². The van der Waals surface area contributed by atoms with Gasteiger partial charge in [-0.3, -0.25) is 0 Å². The molecule has 1 nitrogen and oxygen atoms in total. The third-order valence-corrected chi connectivity index (χ3v) is 4.58. The molecule has 0 unspecified atom stereocenters. The van der Waals surface area contributed by atoms with Gasteiger partial charge < -0.3 is 5.32 Å². The van der Waals surface area contributed by atoms with Crippen molar-refractivity contribution in [1.82, 2.24) is 5.32 Å². The Labute approximate surface area is 106 Å². The van der Waals surface area contributed by atoms with Crippen LogP contribution < -0.4 is 5.32 Å². The number of rotatable bonds is 4. The van der Waals surface area contributed by atoms with Crippen molar-refractivity contribution < 1.29 is 0 Å². The average molecular weight is 233 g/mol. The van der Waals surface area contributed by atoms with Crippen LogP contribution in [-0.4, -0.2) is 13.1 Å². The van der Waals surface area contributed by atoms with Gasteiger partial charge in [0.2, 0.25) is 0 Å². The van der Waals surface area contributed by atoms with Crippen LogP contribution in [0.2, 0.25) is 0 Å². The summed E-state index contributed by atoms with van der Waals surface area (Å²) >= 11 is 0. The van der Waals surface area contributed by atoms with Crippen molar-refractivity contribution in [3.8, 4) is 0 Å². The van der Waals surface area contributed by atoms with Crippen molar-refractivity contribution in [3.63, 3.8) is 0 Å². The van der Waals surface area contributed by atoms with Gasteiger partial charge in [0.05, 0.1) is 0 Å². The largest absolute Gasteiger partial charge is 0.310 e. The van der Waals surface area contributed by atoms with Crippen LogP contribution in [0.15, 0.2) is 25.3 Å². The van der Waals surface area contributed by atoms with E-state index in [4.69, 9.17) is 0 Å². The molecule has 0 heterocycles. The standard InChI is InChI=1S/C10H16.C6H11N/c1-7-2-9-4-8(1)5-10(3-7)6-9;1-3-5-7-6-4-2/h7-10H,1-6H2;3-4,7H,1-2,5-6H2. The van der Waals surface area contributed by atoms with E-state index in [1.54, 1.807) is 38.5 Å². The minimum Gasteiger partial charge on any atom is -0.310 e. The molecule has 0 aromatic heterocycles. The van der Waals surface area contributed by atoms with E-state index < -0.39 is 0 Å². The molecule has 4 aliphatic carbocycles. The van der Waals surface area contributed by atoms with Gasteiger partial charge >= 0.3 is 0 Å². The van der Waals surface area contributed by atoms with E-state index in [9.17, 15) is 0 Å². The molecule has 4 saturated carbocycles. The highest BCUT2D eigenvalue weighted by Gasteiger charge is 2.41. The van der Waals surface area contributed by atoms with E-state index in [1.165, 1.54) is 23.7 Å². The van der Waals surface area contributed by atoms with Crippen LogP contribution >= 0.6 is 0 Å². The Balaban J connectivity index is 0.000000139. The zero-order valence-corrected chi connectivity index (χ0v) is 11.0. The third kappa shape index (κ3) is 3.70. The zero-order valence-electron chi connectivity index (χ0n) is 11.0. The Morgan fingerprint density at radius 1 is 0.706 bits per heavy atom. The van der Waals surface area contributed by atoms with Gasteiger partial charge in [-0.25, -0.2) is 0 Å². The Hall–Kier alpha value is -0.560. The maximum atomic E-state index is 3.54. The second kappa shape index (κ2) is 6.39. The molecular formula is C16H27N. The lowest BCUT2D eigenvalue weighted by Gasteiger charge is -2.49. The van der Waals surface area contributed by atoms with Gasteiger partial charge in [0, 0.05) is 13.1 Å². The number of hydrogen-bond donors (Lipinski definition) is 1. The minimum absolute atomic E-state index is 0.867. The molecule has 0 amide bonds. The van der Waals surface area contributed by atoms with E-state index in [1.807, 2.05) is 12.2 Å². The molecule has 0 saturated heterocycles. The first-order chi connectivity index (χ1) is 8.31. The summed E-state index contributed by atoms with van der Waals surface area (Å²) in [7, 11) is 0. The minimum atomic E-state index is 0.867. The first-order valence-corrected chi connectivity index (χ1v) is 7.24. The molecule has 4 aliphatic rings. The summed E-state index contributed by atoms with van der Waals surface area (Å²) in [5.74, 6) is 4.71. The highest BCUT2D eigenvalue weighted by molar-refractivity contribution is 4.92. The van der Waals surface area contributed by atoms with Crippen LogP contribution in [-0.2, 0) is 0 Å². The summed E-state index contributed by atoms with van der Waals surface area (Å²) in [6, 6.07) is 0. The third-order valence-electron chi connectivity index (χ3n) is 4.58. The summed E-state index contributed by atoms with van der Waals surface area (Å²) in [5.41, 5.74) is 0. The molecule has 0 aliphatic heterocycles. The van der Waals surface area contributed by atoms with Crippen LogP contribution in [0.3, 0.4) is 0 Å². The van der Waals surface area contributed by atoms with Crippen LogP contribution in [0.5, 0.6) is 0 Å². The molecule has 96 valence electrons. The summed E-state index contributed by atoms with van der Waals surface area (Å²) in [4.78, 5) is 0. The predicted octanol–water partition coefficient (Wildman–Crippen LogP) is 3.78. The normalized spacial score (nSPS) is 37.2. The SMILES string of the molecule is C1C2CC3CC1CC(C2)C3.C=CCNCC=C. The Kier molecular flexibility index (Phi) is 4.85. The monoisotopic (exact) mass is 233 g/mol. The maximum Gasteiger partial charge on any atom is 0.0135 e. The van der Waals surface area contributed by atoms with Gasteiger partial charge in [-0.05, 0) is 62.2 Å². The van der Waals surface area contributed by atoms with Gasteiger partial charge in [0.1, 0.15) is 0 Å². The first-order valence-electron chi connectivity index (χ1n) is 7.24. The molecule has 0 spiro atoms. The lowest BCUT2D eigenvalue weighted by Crippen LogP contribution is -2.38. The summed E-state index contributed by atoms with van der Waals surface area (Å²) < 4.78 is 0. The van der Waals surface area contributed by atoms with Crippen molar-refractivity contribution in [2.45, 2.75) is 38.5 Å². The van der Waals surface area contributed by atoms with E-state index in [2.05, 4.69) is 18.5 Å². The fraction of sp³-hybridized carbons (Fsp3) is 0.750.